The second-order valence-electron chi connectivity index (χ2n) is 11.0. The van der Waals surface area contributed by atoms with Gasteiger partial charge in [0.25, 0.3) is 0 Å². The summed E-state index contributed by atoms with van der Waals surface area (Å²) in [4.78, 5) is 10.1. The molecule has 0 spiro atoms. The molecule has 0 atom stereocenters. The normalized spacial score (nSPS) is 11.6. The highest BCUT2D eigenvalue weighted by atomic mass is 16.3. The van der Waals surface area contributed by atoms with Crippen molar-refractivity contribution >= 4 is 43.9 Å². The number of furan rings is 1. The Labute approximate surface area is 253 Å². The predicted octanol–water partition coefficient (Wildman–Crippen LogP) is 10.5. The van der Waals surface area contributed by atoms with Crippen LogP contribution in [0, 0.1) is 0 Å². The highest BCUT2D eigenvalue weighted by Gasteiger charge is 2.18. The first-order valence-electron chi connectivity index (χ1n) is 14.8. The number of aromatic nitrogens is 3. The van der Waals surface area contributed by atoms with Gasteiger partial charge in [0.15, 0.2) is 5.58 Å². The van der Waals surface area contributed by atoms with E-state index in [0.717, 1.165) is 83.3 Å². The third kappa shape index (κ3) is 3.85. The summed E-state index contributed by atoms with van der Waals surface area (Å²) in [7, 11) is 0. The van der Waals surface area contributed by atoms with E-state index >= 15 is 0 Å². The Morgan fingerprint density at radius 1 is 0.455 bits per heavy atom. The average Bonchev–Trinajstić information content (AvgIpc) is 3.68. The molecule has 6 aromatic carbocycles. The highest BCUT2D eigenvalue weighted by molar-refractivity contribution is 6.20. The van der Waals surface area contributed by atoms with Crippen LogP contribution in [0.4, 0.5) is 0 Å². The SMILES string of the molecule is c1ccc(-n2c(-c3ccc(-c4ccc(-c5nc6ccccc6c6c5oc5ccccc56)cc4)cc3)nc3ccccc32)cc1. The summed E-state index contributed by atoms with van der Waals surface area (Å²) in [6, 6.07) is 52.5. The van der Waals surface area contributed by atoms with Crippen LogP contribution in [0.1, 0.15) is 0 Å². The molecule has 0 amide bonds. The van der Waals surface area contributed by atoms with Gasteiger partial charge in [-0.25, -0.2) is 9.97 Å². The molecule has 4 nitrogen and oxygen atoms in total. The van der Waals surface area contributed by atoms with E-state index in [1.165, 1.54) is 0 Å². The van der Waals surface area contributed by atoms with Gasteiger partial charge in [-0.05, 0) is 47.5 Å². The maximum absolute atomic E-state index is 6.41. The molecule has 9 rings (SSSR count). The van der Waals surface area contributed by atoms with E-state index in [0.29, 0.717) is 0 Å². The molecule has 0 bridgehead atoms. The maximum Gasteiger partial charge on any atom is 0.162 e. The fourth-order valence-corrected chi connectivity index (χ4v) is 6.32. The van der Waals surface area contributed by atoms with Crippen molar-refractivity contribution in [3.63, 3.8) is 0 Å². The molecule has 0 saturated heterocycles. The minimum absolute atomic E-state index is 0.823. The molecule has 0 saturated carbocycles. The van der Waals surface area contributed by atoms with Crippen LogP contribution in [0.2, 0.25) is 0 Å². The summed E-state index contributed by atoms with van der Waals surface area (Å²) in [6.07, 6.45) is 0. The molecule has 44 heavy (non-hydrogen) atoms. The summed E-state index contributed by atoms with van der Waals surface area (Å²) in [6.45, 7) is 0. The van der Waals surface area contributed by atoms with Gasteiger partial charge in [0.2, 0.25) is 0 Å². The molecule has 0 N–H and O–H groups in total. The average molecular weight is 564 g/mol. The summed E-state index contributed by atoms with van der Waals surface area (Å²) in [5.41, 5.74) is 11.1. The molecule has 0 aliphatic rings. The Hall–Kier alpha value is -6.00. The Balaban J connectivity index is 1.11. The molecule has 0 aliphatic heterocycles. The summed E-state index contributed by atoms with van der Waals surface area (Å²) < 4.78 is 8.64. The van der Waals surface area contributed by atoms with Crippen molar-refractivity contribution in [2.24, 2.45) is 0 Å². The minimum atomic E-state index is 0.823. The van der Waals surface area contributed by atoms with E-state index in [1.807, 2.05) is 30.3 Å². The number of hydrogen-bond donors (Lipinski definition) is 0. The first-order chi connectivity index (χ1) is 21.8. The van der Waals surface area contributed by atoms with Crippen molar-refractivity contribution in [1.29, 1.82) is 0 Å². The lowest BCUT2D eigenvalue weighted by atomic mass is 9.99. The Morgan fingerprint density at radius 2 is 1.05 bits per heavy atom. The first kappa shape index (κ1) is 24.6. The van der Waals surface area contributed by atoms with Gasteiger partial charge in [0.1, 0.15) is 17.1 Å². The maximum atomic E-state index is 6.41. The second kappa shape index (κ2) is 9.79. The van der Waals surface area contributed by atoms with Gasteiger partial charge < -0.3 is 4.42 Å². The van der Waals surface area contributed by atoms with Crippen LogP contribution < -0.4 is 0 Å². The quantitative estimate of drug-likeness (QED) is 0.214. The molecular formula is C40H25N3O. The van der Waals surface area contributed by atoms with Gasteiger partial charge in [-0.1, -0.05) is 115 Å². The van der Waals surface area contributed by atoms with E-state index in [4.69, 9.17) is 14.4 Å². The lowest BCUT2D eigenvalue weighted by Crippen LogP contribution is -1.97. The van der Waals surface area contributed by atoms with Crippen LogP contribution in [-0.2, 0) is 0 Å². The van der Waals surface area contributed by atoms with E-state index in [2.05, 4.69) is 126 Å². The van der Waals surface area contributed by atoms with Crippen LogP contribution in [0.15, 0.2) is 156 Å². The summed E-state index contributed by atoms with van der Waals surface area (Å²) in [5, 5.41) is 3.33. The number of hydrogen-bond acceptors (Lipinski definition) is 3. The smallest absolute Gasteiger partial charge is 0.162 e. The van der Waals surface area contributed by atoms with Crippen LogP contribution >= 0.6 is 0 Å². The predicted molar refractivity (Wildman–Crippen MR) is 180 cm³/mol. The van der Waals surface area contributed by atoms with Crippen molar-refractivity contribution in [2.75, 3.05) is 0 Å². The van der Waals surface area contributed by atoms with Crippen molar-refractivity contribution < 1.29 is 4.42 Å². The van der Waals surface area contributed by atoms with Gasteiger partial charge in [0.05, 0.1) is 16.6 Å². The molecule has 0 unspecified atom stereocenters. The molecule has 3 heterocycles. The summed E-state index contributed by atoms with van der Waals surface area (Å²) >= 11 is 0. The number of benzene rings is 6. The van der Waals surface area contributed by atoms with Crippen molar-refractivity contribution in [2.45, 2.75) is 0 Å². The molecule has 9 aromatic rings. The van der Waals surface area contributed by atoms with Crippen LogP contribution in [0.3, 0.4) is 0 Å². The zero-order valence-corrected chi connectivity index (χ0v) is 23.7. The number of fused-ring (bicyclic) bond motifs is 6. The van der Waals surface area contributed by atoms with Gasteiger partial charge in [-0.3, -0.25) is 4.57 Å². The van der Waals surface area contributed by atoms with Crippen molar-refractivity contribution in [3.05, 3.63) is 152 Å². The third-order valence-electron chi connectivity index (χ3n) is 8.43. The Bertz CT molecular complexity index is 2470. The van der Waals surface area contributed by atoms with Gasteiger partial charge >= 0.3 is 0 Å². The van der Waals surface area contributed by atoms with Gasteiger partial charge in [-0.2, -0.15) is 0 Å². The van der Waals surface area contributed by atoms with Crippen LogP contribution in [0.5, 0.6) is 0 Å². The zero-order valence-electron chi connectivity index (χ0n) is 23.7. The Kier molecular flexibility index (Phi) is 5.47. The third-order valence-corrected chi connectivity index (χ3v) is 8.43. The number of pyridine rings is 1. The number of nitrogens with zero attached hydrogens (tertiary/aromatic N) is 3. The topological polar surface area (TPSA) is 43.9 Å². The van der Waals surface area contributed by atoms with E-state index in [1.54, 1.807) is 0 Å². The van der Waals surface area contributed by atoms with E-state index < -0.39 is 0 Å². The molecule has 0 radical (unpaired) electrons. The largest absolute Gasteiger partial charge is 0.454 e. The molecule has 4 heteroatoms. The molecule has 206 valence electrons. The number of imidazole rings is 1. The fourth-order valence-electron chi connectivity index (χ4n) is 6.32. The van der Waals surface area contributed by atoms with Crippen molar-refractivity contribution in [1.82, 2.24) is 14.5 Å². The zero-order chi connectivity index (χ0) is 29.0. The van der Waals surface area contributed by atoms with E-state index in [-0.39, 0.29) is 0 Å². The van der Waals surface area contributed by atoms with E-state index in [9.17, 15) is 0 Å². The first-order valence-corrected chi connectivity index (χ1v) is 14.8. The molecular weight excluding hydrogens is 538 g/mol. The van der Waals surface area contributed by atoms with Crippen LogP contribution in [-0.4, -0.2) is 14.5 Å². The fraction of sp³-hybridized carbons (Fsp3) is 0. The molecule has 0 aliphatic carbocycles. The van der Waals surface area contributed by atoms with Crippen LogP contribution in [0.25, 0.3) is 83.3 Å². The highest BCUT2D eigenvalue weighted by Crippen LogP contribution is 2.39. The Morgan fingerprint density at radius 3 is 1.82 bits per heavy atom. The molecule has 3 aromatic heterocycles. The standard InChI is InChI=1S/C40H25N3O/c1-2-10-30(11-3-1)43-35-16-8-7-15-34(35)42-40(43)29-24-20-27(21-25-29)26-18-22-28(23-19-26)38-39-37(31-12-4-6-14-33(31)41-38)32-13-5-9-17-36(32)44-39/h1-25H. The van der Waals surface area contributed by atoms with Gasteiger partial charge in [0, 0.05) is 33.0 Å². The minimum Gasteiger partial charge on any atom is -0.454 e. The van der Waals surface area contributed by atoms with Gasteiger partial charge in [-0.15, -0.1) is 0 Å². The molecule has 0 fully saturated rings. The lowest BCUT2D eigenvalue weighted by molar-refractivity contribution is 0.669. The number of para-hydroxylation sites is 5. The summed E-state index contributed by atoms with van der Waals surface area (Å²) in [5.74, 6) is 0.927. The lowest BCUT2D eigenvalue weighted by Gasteiger charge is -2.10. The van der Waals surface area contributed by atoms with Crippen molar-refractivity contribution in [3.8, 4) is 39.5 Å². The monoisotopic (exact) mass is 563 g/mol. The second-order valence-corrected chi connectivity index (χ2v) is 11.0. The number of rotatable bonds is 4.